The van der Waals surface area contributed by atoms with Gasteiger partial charge in [0.05, 0.1) is 6.04 Å². The predicted octanol–water partition coefficient (Wildman–Crippen LogP) is 17.4. The lowest BCUT2D eigenvalue weighted by molar-refractivity contribution is 0.399. The van der Waals surface area contributed by atoms with Crippen LogP contribution in [0.1, 0.15) is 168 Å². The summed E-state index contributed by atoms with van der Waals surface area (Å²) in [5.74, 6) is 0. The normalized spacial score (nSPS) is 23.3. The van der Waals surface area contributed by atoms with Gasteiger partial charge < -0.3 is 9.80 Å². The molecule has 6 aliphatic carbocycles. The molecule has 0 spiro atoms. The molecule has 0 aliphatic heterocycles. The third-order valence-corrected chi connectivity index (χ3v) is 17.9. The van der Waals surface area contributed by atoms with Crippen molar-refractivity contribution >= 4 is 33.4 Å². The summed E-state index contributed by atoms with van der Waals surface area (Å²) in [7, 11) is 0. The molecule has 0 N–H and O–H groups in total. The molecule has 5 aromatic carbocycles. The van der Waals surface area contributed by atoms with E-state index in [1.165, 1.54) is 91.6 Å². The Balaban J connectivity index is 1.05. The molecule has 346 valence electrons. The summed E-state index contributed by atoms with van der Waals surface area (Å²) >= 11 is 0. The highest BCUT2D eigenvalue weighted by Crippen LogP contribution is 2.55. The molecule has 0 heterocycles. The molecule has 5 aromatic rings. The summed E-state index contributed by atoms with van der Waals surface area (Å²) in [6.07, 6.45) is 20.3. The lowest BCUT2D eigenvalue weighted by Crippen LogP contribution is -2.46. The van der Waals surface area contributed by atoms with E-state index in [4.69, 9.17) is 0 Å². The van der Waals surface area contributed by atoms with Crippen molar-refractivity contribution < 1.29 is 0 Å². The van der Waals surface area contributed by atoms with Crippen molar-refractivity contribution in [3.63, 3.8) is 0 Å². The number of nitrogens with zero attached hydrogens (tertiary/aromatic N) is 2. The SMILES string of the molecule is CC(C)(C)C1=CCC(N(c2ccc3c(c2)C(C)(C)c2ccccc2-3)c2ccc3cc(N(C4CC=C(C(C)(C)C)CC4)C4CCC5=C(C4)C(C)(C)c4ccccc45)cc4c3c2CCC4(C)C)C=C1. The van der Waals surface area contributed by atoms with Gasteiger partial charge in [-0.2, -0.15) is 0 Å². The minimum Gasteiger partial charge on any atom is -0.365 e. The maximum absolute atomic E-state index is 2.98. The summed E-state index contributed by atoms with van der Waals surface area (Å²) in [5.41, 5.74) is 22.7. The second kappa shape index (κ2) is 15.5. The van der Waals surface area contributed by atoms with Crippen molar-refractivity contribution in [3.8, 4) is 11.1 Å². The van der Waals surface area contributed by atoms with Crippen LogP contribution in [0.4, 0.5) is 17.1 Å². The van der Waals surface area contributed by atoms with Gasteiger partial charge in [0.25, 0.3) is 0 Å². The zero-order chi connectivity index (χ0) is 47.0. The van der Waals surface area contributed by atoms with E-state index in [1.54, 1.807) is 22.3 Å². The zero-order valence-electron chi connectivity index (χ0n) is 43.0. The molecule has 0 bridgehead atoms. The Morgan fingerprint density at radius 1 is 0.582 bits per heavy atom. The number of fused-ring (bicyclic) bond motifs is 5. The number of anilines is 3. The van der Waals surface area contributed by atoms with E-state index in [1.807, 2.05) is 0 Å². The molecule has 11 rings (SSSR count). The summed E-state index contributed by atoms with van der Waals surface area (Å²) < 4.78 is 0. The van der Waals surface area contributed by atoms with E-state index in [2.05, 4.69) is 208 Å². The molecular formula is C65H76N2. The topological polar surface area (TPSA) is 6.48 Å². The van der Waals surface area contributed by atoms with Crippen molar-refractivity contribution in [2.24, 2.45) is 10.8 Å². The molecule has 6 aliphatic rings. The average Bonchev–Trinajstić information content (AvgIpc) is 3.67. The molecule has 67 heavy (non-hydrogen) atoms. The van der Waals surface area contributed by atoms with Crippen LogP contribution in [-0.4, -0.2) is 18.1 Å². The number of aryl methyl sites for hydroxylation is 1. The second-order valence-electron chi connectivity index (χ2n) is 25.2. The van der Waals surface area contributed by atoms with Crippen LogP contribution in [0.2, 0.25) is 0 Å². The monoisotopic (exact) mass is 885 g/mol. The maximum Gasteiger partial charge on any atom is 0.0560 e. The van der Waals surface area contributed by atoms with Gasteiger partial charge in [0.15, 0.2) is 0 Å². The van der Waals surface area contributed by atoms with Crippen molar-refractivity contribution in [1.82, 2.24) is 0 Å². The van der Waals surface area contributed by atoms with E-state index in [9.17, 15) is 0 Å². The maximum atomic E-state index is 2.98. The van der Waals surface area contributed by atoms with Gasteiger partial charge in [0.1, 0.15) is 0 Å². The quantitative estimate of drug-likeness (QED) is 0.157. The molecule has 0 amide bonds. The fourth-order valence-electron chi connectivity index (χ4n) is 14.0. The van der Waals surface area contributed by atoms with Crippen molar-refractivity contribution in [2.45, 2.75) is 175 Å². The van der Waals surface area contributed by atoms with Gasteiger partial charge in [0.2, 0.25) is 0 Å². The van der Waals surface area contributed by atoms with Crippen LogP contribution < -0.4 is 9.80 Å². The number of benzene rings is 5. The van der Waals surface area contributed by atoms with Gasteiger partial charge in [-0.15, -0.1) is 0 Å². The molecule has 0 aromatic heterocycles. The Morgan fingerprint density at radius 3 is 1.96 bits per heavy atom. The molecule has 0 radical (unpaired) electrons. The first-order valence-electron chi connectivity index (χ1n) is 26.1. The Bertz CT molecular complexity index is 2960. The average molecular weight is 885 g/mol. The van der Waals surface area contributed by atoms with Gasteiger partial charge in [-0.25, -0.2) is 0 Å². The number of rotatable bonds is 6. The second-order valence-corrected chi connectivity index (χ2v) is 25.2. The van der Waals surface area contributed by atoms with Crippen LogP contribution in [0.15, 0.2) is 132 Å². The molecule has 3 atom stereocenters. The first-order valence-corrected chi connectivity index (χ1v) is 26.1. The predicted molar refractivity (Wildman–Crippen MR) is 288 cm³/mol. The van der Waals surface area contributed by atoms with Gasteiger partial charge in [-0.1, -0.05) is 179 Å². The lowest BCUT2D eigenvalue weighted by Gasteiger charge is -2.46. The van der Waals surface area contributed by atoms with E-state index < -0.39 is 0 Å². The van der Waals surface area contributed by atoms with Crippen LogP contribution in [-0.2, 0) is 22.7 Å². The van der Waals surface area contributed by atoms with E-state index in [-0.39, 0.29) is 33.1 Å². The highest BCUT2D eigenvalue weighted by atomic mass is 15.2. The Kier molecular flexibility index (Phi) is 10.3. The van der Waals surface area contributed by atoms with E-state index >= 15 is 0 Å². The minimum absolute atomic E-state index is 0.0536. The molecule has 0 fully saturated rings. The molecule has 3 unspecified atom stereocenters. The molecule has 2 heteroatoms. The van der Waals surface area contributed by atoms with Gasteiger partial charge >= 0.3 is 0 Å². The molecular weight excluding hydrogens is 809 g/mol. The van der Waals surface area contributed by atoms with Crippen LogP contribution in [0.5, 0.6) is 0 Å². The third kappa shape index (κ3) is 7.16. The highest BCUT2D eigenvalue weighted by Gasteiger charge is 2.44. The molecule has 0 saturated heterocycles. The lowest BCUT2D eigenvalue weighted by atomic mass is 9.71. The number of hydrogen-bond donors (Lipinski definition) is 0. The van der Waals surface area contributed by atoms with Crippen LogP contribution in [0, 0.1) is 10.8 Å². The Hall–Kier alpha value is -5.08. The fourth-order valence-corrected chi connectivity index (χ4v) is 14.0. The first-order chi connectivity index (χ1) is 31.7. The summed E-state index contributed by atoms with van der Waals surface area (Å²) in [4.78, 5) is 5.72. The minimum atomic E-state index is -0.0667. The number of hydrogen-bond acceptors (Lipinski definition) is 2. The third-order valence-electron chi connectivity index (χ3n) is 17.9. The van der Waals surface area contributed by atoms with Gasteiger partial charge in [-0.05, 0) is 171 Å². The summed E-state index contributed by atoms with van der Waals surface area (Å²) in [5, 5.41) is 2.91. The smallest absolute Gasteiger partial charge is 0.0560 e. The fraction of sp³-hybridized carbons (Fsp3) is 0.446. The molecule has 0 saturated carbocycles. The van der Waals surface area contributed by atoms with Crippen LogP contribution in [0.3, 0.4) is 0 Å². The summed E-state index contributed by atoms with van der Waals surface area (Å²) in [6.45, 7) is 29.1. The van der Waals surface area contributed by atoms with Crippen molar-refractivity contribution in [1.29, 1.82) is 0 Å². The van der Waals surface area contributed by atoms with Crippen LogP contribution >= 0.6 is 0 Å². The Morgan fingerprint density at radius 2 is 1.27 bits per heavy atom. The zero-order valence-corrected chi connectivity index (χ0v) is 43.0. The largest absolute Gasteiger partial charge is 0.365 e. The molecule has 2 nitrogen and oxygen atoms in total. The summed E-state index contributed by atoms with van der Waals surface area (Å²) in [6, 6.07) is 37.3. The number of allylic oxidation sites excluding steroid dienone is 4. The first kappa shape index (κ1) is 44.4. The standard InChI is InChI=1S/C65H76N2/c1-61(2,3)42-22-26-44(27-23-42)66(46-30-32-51-49-17-13-15-19-54(49)64(9,10)56(51)38-46)48-37-41-21-34-59(53-35-36-63(7,8)58(40-48)60(41)53)67(45-28-24-43(25-29-45)62(4,5)6)47-31-33-52-50-18-14-16-20-55(50)65(11,12)57(52)39-47/h13-22,24-25,28,31,33-34,37,39-40,44-46H,23,26-27,29-30,32,35-36,38H2,1-12H3. The van der Waals surface area contributed by atoms with E-state index in [0.29, 0.717) is 12.1 Å². The van der Waals surface area contributed by atoms with E-state index in [0.717, 1.165) is 38.5 Å². The van der Waals surface area contributed by atoms with Crippen LogP contribution in [0.25, 0.3) is 27.5 Å². The van der Waals surface area contributed by atoms with Crippen molar-refractivity contribution in [3.05, 3.63) is 165 Å². The van der Waals surface area contributed by atoms with Gasteiger partial charge in [0, 0.05) is 40.0 Å². The van der Waals surface area contributed by atoms with Crippen molar-refractivity contribution in [2.75, 3.05) is 9.80 Å². The van der Waals surface area contributed by atoms with Gasteiger partial charge in [-0.3, -0.25) is 0 Å². The Labute approximate surface area is 404 Å². The highest BCUT2D eigenvalue weighted by molar-refractivity contribution is 5.98.